The van der Waals surface area contributed by atoms with Crippen LogP contribution in [0.15, 0.2) is 29.6 Å². The Labute approximate surface area is 136 Å². The first-order valence-corrected chi connectivity index (χ1v) is 8.69. The van der Waals surface area contributed by atoms with Gasteiger partial charge in [0.15, 0.2) is 0 Å². The van der Waals surface area contributed by atoms with Crippen LogP contribution < -0.4 is 0 Å². The second kappa shape index (κ2) is 5.84. The van der Waals surface area contributed by atoms with E-state index in [1.54, 1.807) is 11.3 Å². The largest absolute Gasteiger partial charge is 0.339 e. The third kappa shape index (κ3) is 3.07. The lowest BCUT2D eigenvalue weighted by molar-refractivity contribution is 0.0793. The van der Waals surface area contributed by atoms with Crippen molar-refractivity contribution in [2.75, 3.05) is 13.1 Å². The summed E-state index contributed by atoms with van der Waals surface area (Å²) >= 11 is 1.68. The SMILES string of the molecule is CC(C)(C)c1nc(-c2cccc(C(=O)N3CCCC3)c2)cs1. The van der Waals surface area contributed by atoms with Gasteiger partial charge in [0.25, 0.3) is 5.91 Å². The van der Waals surface area contributed by atoms with Crippen molar-refractivity contribution < 1.29 is 4.79 Å². The molecule has 1 aliphatic heterocycles. The lowest BCUT2D eigenvalue weighted by Gasteiger charge is -2.15. The normalized spacial score (nSPS) is 15.3. The number of carbonyl (C=O) groups is 1. The van der Waals surface area contributed by atoms with Gasteiger partial charge in [0, 0.05) is 35.0 Å². The molecule has 0 saturated carbocycles. The molecule has 0 bridgehead atoms. The summed E-state index contributed by atoms with van der Waals surface area (Å²) in [6.45, 7) is 8.27. The highest BCUT2D eigenvalue weighted by Crippen LogP contribution is 2.30. The summed E-state index contributed by atoms with van der Waals surface area (Å²) < 4.78 is 0. The van der Waals surface area contributed by atoms with Crippen LogP contribution in [0.4, 0.5) is 0 Å². The van der Waals surface area contributed by atoms with Crippen molar-refractivity contribution in [3.63, 3.8) is 0 Å². The Morgan fingerprint density at radius 1 is 1.23 bits per heavy atom. The minimum atomic E-state index is 0.0614. The standard InChI is InChI=1S/C18H22N2OS/c1-18(2,3)17-19-15(12-22-17)13-7-6-8-14(11-13)16(21)20-9-4-5-10-20/h6-8,11-12H,4-5,9-10H2,1-3H3. The lowest BCUT2D eigenvalue weighted by Crippen LogP contribution is -2.27. The number of hydrogen-bond acceptors (Lipinski definition) is 3. The van der Waals surface area contributed by atoms with E-state index >= 15 is 0 Å². The van der Waals surface area contributed by atoms with E-state index in [2.05, 4.69) is 26.2 Å². The Kier molecular flexibility index (Phi) is 4.04. The number of amides is 1. The van der Waals surface area contributed by atoms with Gasteiger partial charge in [-0.2, -0.15) is 0 Å². The van der Waals surface area contributed by atoms with E-state index in [4.69, 9.17) is 4.98 Å². The number of aromatic nitrogens is 1. The first kappa shape index (κ1) is 15.2. The molecule has 1 aliphatic rings. The molecule has 1 fully saturated rings. The summed E-state index contributed by atoms with van der Waals surface area (Å²) in [6.07, 6.45) is 2.24. The second-order valence-electron chi connectivity index (χ2n) is 6.87. The van der Waals surface area contributed by atoms with Crippen molar-refractivity contribution >= 4 is 17.2 Å². The summed E-state index contributed by atoms with van der Waals surface area (Å²) in [4.78, 5) is 19.2. The van der Waals surface area contributed by atoms with Gasteiger partial charge >= 0.3 is 0 Å². The molecule has 3 nitrogen and oxygen atoms in total. The molecule has 0 aliphatic carbocycles. The van der Waals surface area contributed by atoms with Gasteiger partial charge in [0.1, 0.15) is 0 Å². The Morgan fingerprint density at radius 2 is 1.95 bits per heavy atom. The zero-order valence-corrected chi connectivity index (χ0v) is 14.2. The van der Waals surface area contributed by atoms with E-state index in [-0.39, 0.29) is 11.3 Å². The van der Waals surface area contributed by atoms with Gasteiger partial charge in [-0.05, 0) is 25.0 Å². The van der Waals surface area contributed by atoms with Crippen molar-refractivity contribution in [1.29, 1.82) is 0 Å². The molecular formula is C18H22N2OS. The highest BCUT2D eigenvalue weighted by atomic mass is 32.1. The summed E-state index contributed by atoms with van der Waals surface area (Å²) in [5.41, 5.74) is 2.82. The topological polar surface area (TPSA) is 33.2 Å². The molecule has 0 unspecified atom stereocenters. The van der Waals surface area contributed by atoms with Crippen molar-refractivity contribution in [3.05, 3.63) is 40.2 Å². The van der Waals surface area contributed by atoms with Crippen LogP contribution in [0.25, 0.3) is 11.3 Å². The Bertz CT molecular complexity index is 678. The highest BCUT2D eigenvalue weighted by Gasteiger charge is 2.21. The molecule has 2 aromatic rings. The third-order valence-electron chi connectivity index (χ3n) is 3.94. The first-order chi connectivity index (χ1) is 10.4. The Morgan fingerprint density at radius 3 is 2.59 bits per heavy atom. The van der Waals surface area contributed by atoms with Gasteiger partial charge in [-0.1, -0.05) is 32.9 Å². The van der Waals surface area contributed by atoms with E-state index in [9.17, 15) is 4.79 Å². The number of carbonyl (C=O) groups excluding carboxylic acids is 1. The van der Waals surface area contributed by atoms with E-state index in [1.165, 1.54) is 0 Å². The fourth-order valence-corrected chi connectivity index (χ4v) is 3.58. The number of thiazole rings is 1. The van der Waals surface area contributed by atoms with Gasteiger partial charge in [-0.25, -0.2) is 4.98 Å². The van der Waals surface area contributed by atoms with Crippen LogP contribution in [-0.4, -0.2) is 28.9 Å². The van der Waals surface area contributed by atoms with Crippen LogP contribution >= 0.6 is 11.3 Å². The van der Waals surface area contributed by atoms with Crippen LogP contribution in [0.1, 0.15) is 49.0 Å². The smallest absolute Gasteiger partial charge is 0.253 e. The molecule has 1 saturated heterocycles. The number of likely N-dealkylation sites (tertiary alicyclic amines) is 1. The monoisotopic (exact) mass is 314 g/mol. The average Bonchev–Trinajstić information content (AvgIpc) is 3.17. The molecule has 2 heterocycles. The van der Waals surface area contributed by atoms with Gasteiger partial charge in [-0.15, -0.1) is 11.3 Å². The van der Waals surface area contributed by atoms with Crippen molar-refractivity contribution in [1.82, 2.24) is 9.88 Å². The van der Waals surface area contributed by atoms with E-state index < -0.39 is 0 Å². The summed E-state index contributed by atoms with van der Waals surface area (Å²) in [5, 5.41) is 3.21. The molecule has 22 heavy (non-hydrogen) atoms. The molecule has 1 aromatic carbocycles. The molecule has 1 aromatic heterocycles. The summed E-state index contributed by atoms with van der Waals surface area (Å²) in [7, 11) is 0. The van der Waals surface area contributed by atoms with Crippen LogP contribution in [0.5, 0.6) is 0 Å². The molecular weight excluding hydrogens is 292 g/mol. The van der Waals surface area contributed by atoms with Crippen LogP contribution in [0.2, 0.25) is 0 Å². The maximum atomic E-state index is 12.5. The highest BCUT2D eigenvalue weighted by molar-refractivity contribution is 7.10. The summed E-state index contributed by atoms with van der Waals surface area (Å²) in [5.74, 6) is 0.144. The Hall–Kier alpha value is -1.68. The molecule has 0 atom stereocenters. The molecule has 4 heteroatoms. The minimum Gasteiger partial charge on any atom is -0.339 e. The fourth-order valence-electron chi connectivity index (χ4n) is 2.67. The number of nitrogens with zero attached hydrogens (tertiary/aromatic N) is 2. The number of hydrogen-bond donors (Lipinski definition) is 0. The molecule has 3 rings (SSSR count). The molecule has 1 amide bonds. The predicted octanol–water partition coefficient (Wildman–Crippen LogP) is 4.34. The maximum absolute atomic E-state index is 12.5. The predicted molar refractivity (Wildman–Crippen MR) is 91.4 cm³/mol. The summed E-state index contributed by atoms with van der Waals surface area (Å²) in [6, 6.07) is 7.86. The van der Waals surface area contributed by atoms with Crippen LogP contribution in [0, 0.1) is 0 Å². The quantitative estimate of drug-likeness (QED) is 0.826. The van der Waals surface area contributed by atoms with Crippen LogP contribution in [0.3, 0.4) is 0 Å². The number of benzene rings is 1. The van der Waals surface area contributed by atoms with Crippen LogP contribution in [-0.2, 0) is 5.41 Å². The maximum Gasteiger partial charge on any atom is 0.253 e. The fraction of sp³-hybridized carbons (Fsp3) is 0.444. The van der Waals surface area contributed by atoms with E-state index in [0.29, 0.717) is 0 Å². The molecule has 0 spiro atoms. The van der Waals surface area contributed by atoms with Gasteiger partial charge in [-0.3, -0.25) is 4.79 Å². The van der Waals surface area contributed by atoms with Gasteiger partial charge < -0.3 is 4.90 Å². The molecule has 0 N–H and O–H groups in total. The van der Waals surface area contributed by atoms with Gasteiger partial charge in [0.2, 0.25) is 0 Å². The zero-order chi connectivity index (χ0) is 15.7. The van der Waals surface area contributed by atoms with Gasteiger partial charge in [0.05, 0.1) is 10.7 Å². The molecule has 116 valence electrons. The minimum absolute atomic E-state index is 0.0614. The van der Waals surface area contributed by atoms with E-state index in [1.807, 2.05) is 29.2 Å². The Balaban J connectivity index is 1.87. The second-order valence-corrected chi connectivity index (χ2v) is 7.73. The van der Waals surface area contributed by atoms with E-state index in [0.717, 1.165) is 47.8 Å². The van der Waals surface area contributed by atoms with Crippen molar-refractivity contribution in [2.45, 2.75) is 39.0 Å². The first-order valence-electron chi connectivity index (χ1n) is 7.81. The average molecular weight is 314 g/mol. The number of rotatable bonds is 2. The zero-order valence-electron chi connectivity index (χ0n) is 13.4. The lowest BCUT2D eigenvalue weighted by atomic mass is 9.98. The van der Waals surface area contributed by atoms with Crippen molar-refractivity contribution in [3.8, 4) is 11.3 Å². The molecule has 0 radical (unpaired) electrons. The third-order valence-corrected chi connectivity index (χ3v) is 5.21. The van der Waals surface area contributed by atoms with Crippen molar-refractivity contribution in [2.24, 2.45) is 0 Å².